The van der Waals surface area contributed by atoms with E-state index in [1.54, 1.807) is 4.90 Å². The second kappa shape index (κ2) is 8.72. The Morgan fingerprint density at radius 1 is 1.03 bits per heavy atom. The summed E-state index contributed by atoms with van der Waals surface area (Å²) < 4.78 is 52.9. The van der Waals surface area contributed by atoms with Crippen molar-refractivity contribution < 1.29 is 27.1 Å². The van der Waals surface area contributed by atoms with E-state index in [9.17, 15) is 17.6 Å². The number of anilines is 1. The van der Waals surface area contributed by atoms with Crippen LogP contribution in [0.25, 0.3) is 0 Å². The van der Waals surface area contributed by atoms with E-state index in [4.69, 9.17) is 9.47 Å². The van der Waals surface area contributed by atoms with Gasteiger partial charge in [0.1, 0.15) is 25.6 Å². The first kappa shape index (κ1) is 21.4. The Hall–Kier alpha value is -2.85. The summed E-state index contributed by atoms with van der Waals surface area (Å²) in [5, 5.41) is 0. The molecule has 1 fully saturated rings. The molecule has 0 unspecified atom stereocenters. The molecule has 0 radical (unpaired) electrons. The van der Waals surface area contributed by atoms with Crippen LogP contribution in [0.3, 0.4) is 0 Å². The molecule has 0 saturated carbocycles. The zero-order valence-electron chi connectivity index (χ0n) is 17.2. The molecular formula is C21H24FN3O5S. The van der Waals surface area contributed by atoms with Gasteiger partial charge in [0.15, 0.2) is 11.5 Å². The molecule has 2 aliphatic heterocycles. The van der Waals surface area contributed by atoms with E-state index in [0.29, 0.717) is 50.9 Å². The minimum atomic E-state index is -4.18. The number of likely N-dealkylation sites (N-methyl/N-ethyl adjacent to an activating group) is 1. The van der Waals surface area contributed by atoms with E-state index in [-0.39, 0.29) is 16.5 Å². The summed E-state index contributed by atoms with van der Waals surface area (Å²) in [6.07, 6.45) is 0. The fourth-order valence-electron chi connectivity index (χ4n) is 3.54. The number of benzene rings is 2. The third-order valence-corrected chi connectivity index (χ3v) is 7.10. The van der Waals surface area contributed by atoms with Crippen molar-refractivity contribution in [2.45, 2.75) is 4.90 Å². The summed E-state index contributed by atoms with van der Waals surface area (Å²) >= 11 is 0. The van der Waals surface area contributed by atoms with Crippen molar-refractivity contribution in [3.63, 3.8) is 0 Å². The molecule has 4 rings (SSSR count). The van der Waals surface area contributed by atoms with E-state index < -0.39 is 22.4 Å². The molecule has 166 valence electrons. The van der Waals surface area contributed by atoms with Crippen LogP contribution >= 0.6 is 0 Å². The Balaban J connectivity index is 1.67. The molecule has 2 aromatic rings. The van der Waals surface area contributed by atoms with Gasteiger partial charge >= 0.3 is 0 Å². The van der Waals surface area contributed by atoms with Crippen LogP contribution in [0.5, 0.6) is 11.5 Å². The number of carbonyl (C=O) groups excluding carboxylic acids is 1. The van der Waals surface area contributed by atoms with Gasteiger partial charge < -0.3 is 19.3 Å². The number of sulfonamides is 1. The number of carbonyl (C=O) groups is 1. The molecule has 0 spiro atoms. The van der Waals surface area contributed by atoms with Gasteiger partial charge in [0.25, 0.3) is 10.0 Å². The zero-order valence-corrected chi connectivity index (χ0v) is 18.0. The number of hydrogen-bond donors (Lipinski definition) is 0. The number of hydrogen-bond acceptors (Lipinski definition) is 6. The molecule has 0 aromatic heterocycles. The standard InChI is InChI=1S/C21H24FN3O5S/c1-23-7-9-24(10-8-23)21(26)15-25(17-4-2-3-16(22)13-17)31(27,28)18-5-6-19-20(14-18)30-12-11-29-19/h2-6,13-14H,7-12,15H2,1H3. The molecule has 10 heteroatoms. The van der Waals surface area contributed by atoms with Crippen LogP contribution in [0.4, 0.5) is 10.1 Å². The SMILES string of the molecule is CN1CCN(C(=O)CN(c2cccc(F)c2)S(=O)(=O)c2ccc3c(c2)OCCO3)CC1. The highest BCUT2D eigenvalue weighted by atomic mass is 32.2. The maximum atomic E-state index is 13.9. The van der Waals surface area contributed by atoms with Crippen molar-refractivity contribution >= 4 is 21.6 Å². The number of fused-ring (bicyclic) bond motifs is 1. The molecule has 2 heterocycles. The summed E-state index contributed by atoms with van der Waals surface area (Å²) in [7, 11) is -2.21. The van der Waals surface area contributed by atoms with E-state index in [1.165, 1.54) is 36.4 Å². The second-order valence-electron chi connectivity index (χ2n) is 7.48. The van der Waals surface area contributed by atoms with Gasteiger partial charge in [-0.3, -0.25) is 9.10 Å². The highest BCUT2D eigenvalue weighted by molar-refractivity contribution is 7.92. The lowest BCUT2D eigenvalue weighted by molar-refractivity contribution is -0.131. The van der Waals surface area contributed by atoms with Crippen molar-refractivity contribution in [2.75, 3.05) is 57.3 Å². The maximum absolute atomic E-state index is 13.9. The molecule has 0 aliphatic carbocycles. The van der Waals surface area contributed by atoms with Crippen LogP contribution in [-0.4, -0.2) is 77.1 Å². The predicted octanol–water partition coefficient (Wildman–Crippen LogP) is 1.57. The fraction of sp³-hybridized carbons (Fsp3) is 0.381. The molecule has 8 nitrogen and oxygen atoms in total. The fourth-order valence-corrected chi connectivity index (χ4v) is 4.96. The molecule has 0 N–H and O–H groups in total. The summed E-state index contributed by atoms with van der Waals surface area (Å²) in [6, 6.07) is 9.50. The van der Waals surface area contributed by atoms with E-state index in [2.05, 4.69) is 4.90 Å². The maximum Gasteiger partial charge on any atom is 0.264 e. The van der Waals surface area contributed by atoms with Crippen molar-refractivity contribution in [1.82, 2.24) is 9.80 Å². The van der Waals surface area contributed by atoms with Gasteiger partial charge in [0.2, 0.25) is 5.91 Å². The monoisotopic (exact) mass is 449 g/mol. The van der Waals surface area contributed by atoms with Crippen LogP contribution in [0.2, 0.25) is 0 Å². The lowest BCUT2D eigenvalue weighted by Crippen LogP contribution is -2.50. The van der Waals surface area contributed by atoms with Gasteiger partial charge in [0.05, 0.1) is 10.6 Å². The third kappa shape index (κ3) is 4.59. The number of halogens is 1. The highest BCUT2D eigenvalue weighted by Crippen LogP contribution is 2.34. The van der Waals surface area contributed by atoms with E-state index in [0.717, 1.165) is 10.4 Å². The molecular weight excluding hydrogens is 425 g/mol. The largest absolute Gasteiger partial charge is 0.486 e. The van der Waals surface area contributed by atoms with Gasteiger partial charge in [-0.2, -0.15) is 0 Å². The summed E-state index contributed by atoms with van der Waals surface area (Å²) in [4.78, 5) is 16.6. The topological polar surface area (TPSA) is 79.4 Å². The Labute approximate surface area is 180 Å². The van der Waals surface area contributed by atoms with Crippen LogP contribution in [0, 0.1) is 5.82 Å². The van der Waals surface area contributed by atoms with Crippen LogP contribution in [0.1, 0.15) is 0 Å². The zero-order chi connectivity index (χ0) is 22.0. The number of piperazine rings is 1. The molecule has 2 aliphatic rings. The van der Waals surface area contributed by atoms with E-state index >= 15 is 0 Å². The molecule has 0 atom stereocenters. The summed E-state index contributed by atoms with van der Waals surface area (Å²) in [5.41, 5.74) is 0.0809. The number of rotatable bonds is 5. The van der Waals surface area contributed by atoms with E-state index in [1.807, 2.05) is 7.05 Å². The first-order valence-electron chi connectivity index (χ1n) is 9.99. The summed E-state index contributed by atoms with van der Waals surface area (Å²) in [5.74, 6) is -0.154. The van der Waals surface area contributed by atoms with Gasteiger partial charge in [-0.25, -0.2) is 12.8 Å². The quantitative estimate of drug-likeness (QED) is 0.690. The minimum Gasteiger partial charge on any atom is -0.486 e. The number of amides is 1. The number of ether oxygens (including phenoxy) is 2. The molecule has 1 amide bonds. The highest BCUT2D eigenvalue weighted by Gasteiger charge is 2.31. The minimum absolute atomic E-state index is 0.0628. The average molecular weight is 450 g/mol. The lowest BCUT2D eigenvalue weighted by Gasteiger charge is -2.34. The predicted molar refractivity (Wildman–Crippen MR) is 112 cm³/mol. The van der Waals surface area contributed by atoms with Crippen molar-refractivity contribution in [3.8, 4) is 11.5 Å². The molecule has 1 saturated heterocycles. The molecule has 31 heavy (non-hydrogen) atoms. The van der Waals surface area contributed by atoms with Crippen molar-refractivity contribution in [2.24, 2.45) is 0 Å². The van der Waals surface area contributed by atoms with Gasteiger partial charge in [-0.05, 0) is 37.4 Å². The third-order valence-electron chi connectivity index (χ3n) is 5.33. The number of nitrogens with zero attached hydrogens (tertiary/aromatic N) is 3. The Morgan fingerprint density at radius 3 is 2.45 bits per heavy atom. The summed E-state index contributed by atoms with van der Waals surface area (Å²) in [6.45, 7) is 2.71. The van der Waals surface area contributed by atoms with Crippen molar-refractivity contribution in [1.29, 1.82) is 0 Å². The van der Waals surface area contributed by atoms with Crippen LogP contribution in [0.15, 0.2) is 47.4 Å². The van der Waals surface area contributed by atoms with Gasteiger partial charge in [-0.1, -0.05) is 6.07 Å². The Morgan fingerprint density at radius 2 is 1.74 bits per heavy atom. The first-order chi connectivity index (χ1) is 14.8. The lowest BCUT2D eigenvalue weighted by atomic mass is 10.3. The normalized spacial score (nSPS) is 16.8. The van der Waals surface area contributed by atoms with Gasteiger partial charge in [0, 0.05) is 32.2 Å². The molecule has 0 bridgehead atoms. The second-order valence-corrected chi connectivity index (χ2v) is 9.34. The van der Waals surface area contributed by atoms with Crippen LogP contribution < -0.4 is 13.8 Å². The smallest absolute Gasteiger partial charge is 0.264 e. The average Bonchev–Trinajstić information content (AvgIpc) is 2.77. The van der Waals surface area contributed by atoms with Gasteiger partial charge in [-0.15, -0.1) is 0 Å². The Bertz CT molecular complexity index is 1070. The first-order valence-corrected chi connectivity index (χ1v) is 11.4. The van der Waals surface area contributed by atoms with Crippen LogP contribution in [-0.2, 0) is 14.8 Å². The molecule has 2 aromatic carbocycles. The van der Waals surface area contributed by atoms with Crippen molar-refractivity contribution in [3.05, 3.63) is 48.3 Å². The Kier molecular flexibility index (Phi) is 6.01.